The summed E-state index contributed by atoms with van der Waals surface area (Å²) in [7, 11) is 1.64. The van der Waals surface area contributed by atoms with Crippen molar-refractivity contribution in [1.82, 2.24) is 10.6 Å². The SMILES string of the molecule is CC(Cl)ON[N+](=O)N(C)CCCCCO. The maximum atomic E-state index is 11.2. The van der Waals surface area contributed by atoms with Gasteiger partial charge in [0.15, 0.2) is 5.56 Å². The molecule has 0 aliphatic heterocycles. The van der Waals surface area contributed by atoms with E-state index in [0.717, 1.165) is 19.3 Å². The molecule has 0 aromatic heterocycles. The standard InChI is InChI=1S/C8H19ClN3O3/c1-8(9)15-10-12(14)11(2)6-4-3-5-7-13/h8,13H,3-7H2,1-2H3,(H,10,14)/q+1. The summed E-state index contributed by atoms with van der Waals surface area (Å²) in [5, 5.41) is 9.98. The Labute approximate surface area is 94.6 Å². The Morgan fingerprint density at radius 1 is 1.53 bits per heavy atom. The molecule has 7 heteroatoms. The quantitative estimate of drug-likeness (QED) is 0.270. The van der Waals surface area contributed by atoms with Gasteiger partial charge >= 0.3 is 0 Å². The maximum absolute atomic E-state index is 11.2. The molecule has 90 valence electrons. The van der Waals surface area contributed by atoms with Crippen LogP contribution in [0.3, 0.4) is 0 Å². The monoisotopic (exact) mass is 240 g/mol. The van der Waals surface area contributed by atoms with Gasteiger partial charge in [-0.15, -0.1) is 5.01 Å². The van der Waals surface area contributed by atoms with Gasteiger partial charge in [0.25, 0.3) is 4.98 Å². The molecule has 15 heavy (non-hydrogen) atoms. The highest BCUT2D eigenvalue weighted by Crippen LogP contribution is 1.97. The molecule has 6 nitrogen and oxygen atoms in total. The molecule has 1 atom stereocenters. The highest BCUT2D eigenvalue weighted by Gasteiger charge is 2.16. The minimum Gasteiger partial charge on any atom is -0.396 e. The first-order valence-corrected chi connectivity index (χ1v) is 5.36. The summed E-state index contributed by atoms with van der Waals surface area (Å²) < 4.78 is 0. The van der Waals surface area contributed by atoms with Gasteiger partial charge in [-0.2, -0.15) is 0 Å². The number of unbranched alkanes of at least 4 members (excludes halogenated alkanes) is 2. The van der Waals surface area contributed by atoms with E-state index < -0.39 is 5.56 Å². The van der Waals surface area contributed by atoms with Crippen molar-refractivity contribution < 1.29 is 14.9 Å². The Hall–Kier alpha value is -0.590. The zero-order chi connectivity index (χ0) is 11.7. The third kappa shape index (κ3) is 8.41. The second-order valence-electron chi connectivity index (χ2n) is 3.19. The first-order valence-electron chi connectivity index (χ1n) is 4.92. The first-order chi connectivity index (χ1) is 7.07. The maximum Gasteiger partial charge on any atom is 0.274 e. The molecule has 0 saturated heterocycles. The van der Waals surface area contributed by atoms with Gasteiger partial charge in [-0.25, -0.2) is 4.84 Å². The normalized spacial score (nSPS) is 12.3. The van der Waals surface area contributed by atoms with Crippen molar-refractivity contribution in [3.8, 4) is 0 Å². The second kappa shape index (κ2) is 8.70. The van der Waals surface area contributed by atoms with E-state index in [9.17, 15) is 4.91 Å². The zero-order valence-corrected chi connectivity index (χ0v) is 9.90. The highest BCUT2D eigenvalue weighted by molar-refractivity contribution is 6.19. The lowest BCUT2D eigenvalue weighted by molar-refractivity contribution is -0.785. The lowest BCUT2D eigenvalue weighted by atomic mass is 10.2. The van der Waals surface area contributed by atoms with Gasteiger partial charge in [-0.1, -0.05) is 11.6 Å². The number of nitrogens with one attached hydrogen (secondary N) is 1. The molecule has 0 heterocycles. The third-order valence-corrected chi connectivity index (χ3v) is 1.83. The summed E-state index contributed by atoms with van der Waals surface area (Å²) in [6.07, 6.45) is 2.49. The number of aliphatic hydroxyl groups excluding tert-OH is 1. The van der Waals surface area contributed by atoms with Crippen LogP contribution in [0, 0.1) is 4.91 Å². The molecule has 0 saturated carbocycles. The van der Waals surface area contributed by atoms with Gasteiger partial charge in [-0.05, 0) is 26.2 Å². The van der Waals surface area contributed by atoms with Crippen LogP contribution in [-0.4, -0.2) is 40.9 Å². The van der Waals surface area contributed by atoms with Crippen LogP contribution in [0.2, 0.25) is 0 Å². The van der Waals surface area contributed by atoms with Crippen LogP contribution in [0.1, 0.15) is 26.2 Å². The molecule has 0 bridgehead atoms. The van der Waals surface area contributed by atoms with Crippen molar-refractivity contribution in [2.45, 2.75) is 31.7 Å². The van der Waals surface area contributed by atoms with E-state index in [2.05, 4.69) is 5.59 Å². The summed E-state index contributed by atoms with van der Waals surface area (Å²) in [4.78, 5) is 16.4. The summed E-state index contributed by atoms with van der Waals surface area (Å²) >= 11 is 5.48. The molecular weight excluding hydrogens is 222 g/mol. The average Bonchev–Trinajstić information content (AvgIpc) is 2.20. The largest absolute Gasteiger partial charge is 0.396 e. The van der Waals surface area contributed by atoms with E-state index in [4.69, 9.17) is 21.5 Å². The van der Waals surface area contributed by atoms with Crippen LogP contribution in [0.5, 0.6) is 0 Å². The van der Waals surface area contributed by atoms with Crippen LogP contribution in [0.25, 0.3) is 0 Å². The minimum atomic E-state index is -0.566. The lowest BCUT2D eigenvalue weighted by Gasteiger charge is -2.08. The van der Waals surface area contributed by atoms with Gasteiger partial charge in [0, 0.05) is 12.2 Å². The molecule has 0 aliphatic rings. The summed E-state index contributed by atoms with van der Waals surface area (Å²) in [6.45, 7) is 2.39. The fourth-order valence-electron chi connectivity index (χ4n) is 0.907. The number of hydrazine groups is 2. The highest BCUT2D eigenvalue weighted by atomic mass is 35.5. The molecule has 0 aromatic rings. The van der Waals surface area contributed by atoms with E-state index in [1.165, 1.54) is 5.01 Å². The van der Waals surface area contributed by atoms with Crippen molar-refractivity contribution in [3.05, 3.63) is 4.91 Å². The van der Waals surface area contributed by atoms with E-state index in [0.29, 0.717) is 11.5 Å². The molecule has 0 radical (unpaired) electrons. The van der Waals surface area contributed by atoms with Gasteiger partial charge in [0.05, 0.1) is 18.5 Å². The molecule has 0 aliphatic carbocycles. The van der Waals surface area contributed by atoms with Crippen LogP contribution in [0.4, 0.5) is 0 Å². The van der Waals surface area contributed by atoms with E-state index in [1.54, 1.807) is 14.0 Å². The van der Waals surface area contributed by atoms with Gasteiger partial charge in [-0.3, -0.25) is 0 Å². The van der Waals surface area contributed by atoms with Crippen molar-refractivity contribution >= 4 is 11.6 Å². The fourth-order valence-corrected chi connectivity index (χ4v) is 0.947. The molecule has 0 aromatic carbocycles. The minimum absolute atomic E-state index is 0.190. The Morgan fingerprint density at radius 3 is 2.73 bits per heavy atom. The number of halogens is 1. The summed E-state index contributed by atoms with van der Waals surface area (Å²) in [5.41, 5.74) is 1.58. The number of nitroso groups, excluding NO2 is 1. The Bertz CT molecular complexity index is 181. The molecule has 1 unspecified atom stereocenters. The second-order valence-corrected chi connectivity index (χ2v) is 3.81. The van der Waals surface area contributed by atoms with E-state index in [1.807, 2.05) is 0 Å². The third-order valence-electron chi connectivity index (χ3n) is 1.74. The van der Waals surface area contributed by atoms with Gasteiger partial charge < -0.3 is 5.11 Å². The molecule has 0 amide bonds. The summed E-state index contributed by atoms with van der Waals surface area (Å²) in [5.74, 6) is 0. The smallest absolute Gasteiger partial charge is 0.274 e. The van der Waals surface area contributed by atoms with Gasteiger partial charge in [0.1, 0.15) is 0 Å². The number of nitrogens with zero attached hydrogens (tertiary/aromatic N) is 2. The first kappa shape index (κ1) is 14.4. The van der Waals surface area contributed by atoms with E-state index >= 15 is 0 Å². The zero-order valence-electron chi connectivity index (χ0n) is 9.15. The fraction of sp³-hybridized carbons (Fsp3) is 1.00. The summed E-state index contributed by atoms with van der Waals surface area (Å²) in [6, 6.07) is 0. The number of aliphatic hydroxyl groups is 1. The topological polar surface area (TPSA) is 64.8 Å². The van der Waals surface area contributed by atoms with Gasteiger partial charge in [0.2, 0.25) is 0 Å². The molecule has 0 rings (SSSR count). The molecule has 0 fully saturated rings. The number of rotatable bonds is 9. The number of hydrogen-bond donors (Lipinski definition) is 2. The van der Waals surface area contributed by atoms with Crippen LogP contribution in [0.15, 0.2) is 0 Å². The van der Waals surface area contributed by atoms with E-state index in [-0.39, 0.29) is 6.61 Å². The predicted molar refractivity (Wildman–Crippen MR) is 56.7 cm³/mol. The number of alkyl halides is 1. The Morgan fingerprint density at radius 2 is 2.20 bits per heavy atom. The van der Waals surface area contributed by atoms with Crippen LogP contribution < -0.4 is 5.59 Å². The molecule has 2 N–H and O–H groups in total. The van der Waals surface area contributed by atoms with Crippen molar-refractivity contribution in [3.63, 3.8) is 0 Å². The van der Waals surface area contributed by atoms with Crippen molar-refractivity contribution in [2.75, 3.05) is 20.2 Å². The number of hydrogen-bond acceptors (Lipinski definition) is 3. The van der Waals surface area contributed by atoms with Crippen LogP contribution in [-0.2, 0) is 4.84 Å². The predicted octanol–water partition coefficient (Wildman–Crippen LogP) is 0.796. The molecule has 0 spiro atoms. The van der Waals surface area contributed by atoms with Crippen molar-refractivity contribution in [2.24, 2.45) is 0 Å². The molecular formula is C8H19ClN3O3+. The average molecular weight is 241 g/mol. The Kier molecular flexibility index (Phi) is 8.35. The van der Waals surface area contributed by atoms with Crippen molar-refractivity contribution in [1.29, 1.82) is 0 Å². The lowest BCUT2D eigenvalue weighted by Crippen LogP contribution is -2.41. The Balaban J connectivity index is 3.51. The van der Waals surface area contributed by atoms with Crippen LogP contribution >= 0.6 is 11.6 Å².